The van der Waals surface area contributed by atoms with E-state index in [0.717, 1.165) is 12.8 Å². The summed E-state index contributed by atoms with van der Waals surface area (Å²) >= 11 is 0. The molecule has 0 radical (unpaired) electrons. The molecule has 1 aliphatic rings. The maximum atomic E-state index is 14.7. The van der Waals surface area contributed by atoms with Crippen molar-refractivity contribution in [2.45, 2.75) is 64.1 Å². The van der Waals surface area contributed by atoms with Crippen LogP contribution in [0.5, 0.6) is 0 Å². The molecule has 1 aliphatic carbocycles. The molecule has 1 saturated carbocycles. The van der Waals surface area contributed by atoms with Crippen LogP contribution >= 0.6 is 0 Å². The van der Waals surface area contributed by atoms with E-state index in [1.807, 2.05) is 13.8 Å². The molecule has 114 valence electrons. The van der Waals surface area contributed by atoms with Crippen molar-refractivity contribution < 1.29 is 18.6 Å². The Morgan fingerprint density at radius 2 is 1.95 bits per heavy atom. The molecule has 3 atom stereocenters. The van der Waals surface area contributed by atoms with E-state index >= 15 is 0 Å². The van der Waals surface area contributed by atoms with E-state index < -0.39 is 11.3 Å². The maximum Gasteiger partial charge on any atom is 0.147 e. The number of ether oxygens (including phenoxy) is 3. The SMILES string of the molecule is CCC1CC(F)(CC)CC(C)(OCOCCOC)C1. The van der Waals surface area contributed by atoms with Gasteiger partial charge in [0.15, 0.2) is 0 Å². The Bertz CT molecular complexity index is 262. The second kappa shape index (κ2) is 7.55. The molecule has 0 aromatic rings. The van der Waals surface area contributed by atoms with Gasteiger partial charge in [0.25, 0.3) is 0 Å². The molecule has 0 aliphatic heterocycles. The highest BCUT2D eigenvalue weighted by Crippen LogP contribution is 2.45. The van der Waals surface area contributed by atoms with Crippen molar-refractivity contribution in [3.63, 3.8) is 0 Å². The molecular weight excluding hydrogens is 247 g/mol. The van der Waals surface area contributed by atoms with Gasteiger partial charge in [0.2, 0.25) is 0 Å². The summed E-state index contributed by atoms with van der Waals surface area (Å²) in [5, 5.41) is 0. The van der Waals surface area contributed by atoms with Gasteiger partial charge in [0.1, 0.15) is 12.5 Å². The van der Waals surface area contributed by atoms with Gasteiger partial charge in [-0.1, -0.05) is 20.3 Å². The van der Waals surface area contributed by atoms with Gasteiger partial charge in [-0.05, 0) is 32.1 Å². The minimum absolute atomic E-state index is 0.218. The van der Waals surface area contributed by atoms with Gasteiger partial charge in [0, 0.05) is 13.5 Å². The highest BCUT2D eigenvalue weighted by molar-refractivity contribution is 4.96. The molecule has 3 unspecified atom stereocenters. The van der Waals surface area contributed by atoms with E-state index in [9.17, 15) is 4.39 Å². The summed E-state index contributed by atoms with van der Waals surface area (Å²) in [4.78, 5) is 0. The summed E-state index contributed by atoms with van der Waals surface area (Å²) in [7, 11) is 1.64. The van der Waals surface area contributed by atoms with Crippen LogP contribution in [0.3, 0.4) is 0 Å². The monoisotopic (exact) mass is 276 g/mol. The van der Waals surface area contributed by atoms with E-state index in [2.05, 4.69) is 6.92 Å². The van der Waals surface area contributed by atoms with Crippen LogP contribution in [0.2, 0.25) is 0 Å². The number of alkyl halides is 1. The van der Waals surface area contributed by atoms with Crippen LogP contribution in [-0.2, 0) is 14.2 Å². The van der Waals surface area contributed by atoms with Gasteiger partial charge in [-0.3, -0.25) is 0 Å². The molecule has 0 aromatic carbocycles. The van der Waals surface area contributed by atoms with Gasteiger partial charge in [-0.2, -0.15) is 0 Å². The van der Waals surface area contributed by atoms with Crippen molar-refractivity contribution in [1.29, 1.82) is 0 Å². The summed E-state index contributed by atoms with van der Waals surface area (Å²) in [5.41, 5.74) is -1.49. The Kier molecular flexibility index (Phi) is 6.71. The van der Waals surface area contributed by atoms with E-state index in [0.29, 0.717) is 38.4 Å². The summed E-state index contributed by atoms with van der Waals surface area (Å²) in [6, 6.07) is 0. The minimum Gasteiger partial charge on any atom is -0.382 e. The molecule has 0 heterocycles. The fourth-order valence-electron chi connectivity index (χ4n) is 3.07. The van der Waals surface area contributed by atoms with E-state index in [1.165, 1.54) is 0 Å². The first-order valence-corrected chi connectivity index (χ1v) is 7.36. The molecule has 1 rings (SSSR count). The first-order chi connectivity index (χ1) is 8.97. The maximum absolute atomic E-state index is 14.7. The van der Waals surface area contributed by atoms with E-state index in [-0.39, 0.29) is 6.79 Å². The number of hydrogen-bond acceptors (Lipinski definition) is 3. The van der Waals surface area contributed by atoms with Crippen LogP contribution < -0.4 is 0 Å². The van der Waals surface area contributed by atoms with Crippen molar-refractivity contribution in [3.05, 3.63) is 0 Å². The summed E-state index contributed by atoms with van der Waals surface area (Å²) in [5.74, 6) is 0.405. The molecule has 0 bridgehead atoms. The highest BCUT2D eigenvalue weighted by atomic mass is 19.1. The molecule has 0 aromatic heterocycles. The molecule has 4 heteroatoms. The summed E-state index contributed by atoms with van der Waals surface area (Å²) in [6.45, 7) is 7.35. The number of hydrogen-bond donors (Lipinski definition) is 0. The largest absolute Gasteiger partial charge is 0.382 e. The molecule has 0 N–H and O–H groups in total. The van der Waals surface area contributed by atoms with Crippen molar-refractivity contribution in [1.82, 2.24) is 0 Å². The topological polar surface area (TPSA) is 27.7 Å². The third-order valence-electron chi connectivity index (χ3n) is 4.20. The molecule has 1 fully saturated rings. The fraction of sp³-hybridized carbons (Fsp3) is 1.00. The second-order valence-corrected chi connectivity index (χ2v) is 5.98. The zero-order valence-electron chi connectivity index (χ0n) is 12.8. The Morgan fingerprint density at radius 3 is 2.53 bits per heavy atom. The molecule has 0 saturated heterocycles. The normalized spacial score (nSPS) is 35.5. The van der Waals surface area contributed by atoms with Crippen molar-refractivity contribution >= 4 is 0 Å². The predicted molar refractivity (Wildman–Crippen MR) is 73.9 cm³/mol. The number of methoxy groups -OCH3 is 1. The van der Waals surface area contributed by atoms with Crippen LogP contribution in [-0.4, -0.2) is 38.4 Å². The quantitative estimate of drug-likeness (QED) is 0.499. The van der Waals surface area contributed by atoms with Gasteiger partial charge >= 0.3 is 0 Å². The first-order valence-electron chi connectivity index (χ1n) is 7.36. The summed E-state index contributed by atoms with van der Waals surface area (Å²) < 4.78 is 30.8. The van der Waals surface area contributed by atoms with Crippen LogP contribution in [0, 0.1) is 5.92 Å². The molecule has 0 spiro atoms. The zero-order chi connectivity index (χ0) is 14.4. The van der Waals surface area contributed by atoms with Crippen molar-refractivity contribution in [2.24, 2.45) is 5.92 Å². The van der Waals surface area contributed by atoms with Gasteiger partial charge in [0.05, 0.1) is 18.8 Å². The van der Waals surface area contributed by atoms with Crippen LogP contribution in [0.4, 0.5) is 4.39 Å². The van der Waals surface area contributed by atoms with E-state index in [4.69, 9.17) is 14.2 Å². The predicted octanol–water partition coefficient (Wildman–Crippen LogP) is 3.71. The Labute approximate surface area is 116 Å². The van der Waals surface area contributed by atoms with Gasteiger partial charge in [-0.25, -0.2) is 4.39 Å². The lowest BCUT2D eigenvalue weighted by Crippen LogP contribution is -2.46. The van der Waals surface area contributed by atoms with Gasteiger partial charge in [-0.15, -0.1) is 0 Å². The lowest BCUT2D eigenvalue weighted by atomic mass is 9.69. The molecule has 3 nitrogen and oxygen atoms in total. The van der Waals surface area contributed by atoms with Crippen LogP contribution in [0.25, 0.3) is 0 Å². The molecule has 19 heavy (non-hydrogen) atoms. The average molecular weight is 276 g/mol. The lowest BCUT2D eigenvalue weighted by Gasteiger charge is -2.45. The Balaban J connectivity index is 2.48. The van der Waals surface area contributed by atoms with E-state index in [1.54, 1.807) is 7.11 Å². The Morgan fingerprint density at radius 1 is 1.21 bits per heavy atom. The lowest BCUT2D eigenvalue weighted by molar-refractivity contribution is -0.179. The Hall–Kier alpha value is -0.190. The standard InChI is InChI=1S/C15H29FO3/c1-5-13-9-14(3,11-15(16,6-2)10-13)19-12-18-8-7-17-4/h13H,5-12H2,1-4H3. The number of halogens is 1. The molecular formula is C15H29FO3. The second-order valence-electron chi connectivity index (χ2n) is 5.98. The highest BCUT2D eigenvalue weighted by Gasteiger charge is 2.45. The number of rotatable bonds is 8. The third-order valence-corrected chi connectivity index (χ3v) is 4.20. The van der Waals surface area contributed by atoms with Crippen molar-refractivity contribution in [3.8, 4) is 0 Å². The van der Waals surface area contributed by atoms with Crippen molar-refractivity contribution in [2.75, 3.05) is 27.1 Å². The average Bonchev–Trinajstić information content (AvgIpc) is 2.37. The van der Waals surface area contributed by atoms with Gasteiger partial charge < -0.3 is 14.2 Å². The fourth-order valence-corrected chi connectivity index (χ4v) is 3.07. The summed E-state index contributed by atoms with van der Waals surface area (Å²) in [6.07, 6.45) is 3.63. The minimum atomic E-state index is -1.08. The third kappa shape index (κ3) is 5.36. The molecule has 0 amide bonds. The first kappa shape index (κ1) is 16.9. The zero-order valence-corrected chi connectivity index (χ0v) is 12.8. The van der Waals surface area contributed by atoms with Crippen LogP contribution in [0.1, 0.15) is 52.9 Å². The smallest absolute Gasteiger partial charge is 0.147 e. The van der Waals surface area contributed by atoms with Crippen LogP contribution in [0.15, 0.2) is 0 Å².